The highest BCUT2D eigenvalue weighted by Crippen LogP contribution is 2.20. The number of nitrogens with zero attached hydrogens (tertiary/aromatic N) is 2. The Morgan fingerprint density at radius 3 is 2.45 bits per heavy atom. The average Bonchev–Trinajstić information content (AvgIpc) is 3.16. The van der Waals surface area contributed by atoms with Gasteiger partial charge in [-0.05, 0) is 44.0 Å². The number of amides is 3. The molecule has 2 N–H and O–H groups in total. The Morgan fingerprint density at radius 2 is 1.81 bits per heavy atom. The van der Waals surface area contributed by atoms with Crippen LogP contribution in [0.25, 0.3) is 0 Å². The molecule has 0 aliphatic heterocycles. The molecule has 0 atom stereocenters. The number of halogens is 1. The lowest BCUT2D eigenvalue weighted by Gasteiger charge is -2.26. The fraction of sp³-hybridized carbons (Fsp3) is 0.455. The summed E-state index contributed by atoms with van der Waals surface area (Å²) < 4.78 is 13.3. The first-order chi connectivity index (χ1) is 14.9. The van der Waals surface area contributed by atoms with Gasteiger partial charge < -0.3 is 15.5 Å². The molecule has 1 aliphatic carbocycles. The van der Waals surface area contributed by atoms with Gasteiger partial charge in [0, 0.05) is 30.0 Å². The number of nitrogens with one attached hydrogen (secondary N) is 2. The van der Waals surface area contributed by atoms with Gasteiger partial charge in [0.1, 0.15) is 12.4 Å². The van der Waals surface area contributed by atoms with Crippen LogP contribution in [0, 0.1) is 12.7 Å². The minimum Gasteiger partial charge on any atom is -0.352 e. The van der Waals surface area contributed by atoms with Gasteiger partial charge in [0.25, 0.3) is 0 Å². The summed E-state index contributed by atoms with van der Waals surface area (Å²) >= 11 is 1.31. The van der Waals surface area contributed by atoms with E-state index in [-0.39, 0.29) is 43.1 Å². The number of carbonyl (C=O) groups is 3. The third-order valence-electron chi connectivity index (χ3n) is 5.14. The lowest BCUT2D eigenvalue weighted by atomic mass is 9.95. The summed E-state index contributed by atoms with van der Waals surface area (Å²) in [5, 5.41) is 7.97. The lowest BCUT2D eigenvalue weighted by molar-refractivity contribution is -0.125. The van der Waals surface area contributed by atoms with Crippen molar-refractivity contribution in [2.24, 2.45) is 0 Å². The molecular formula is C22H27FN4O3S. The van der Waals surface area contributed by atoms with Gasteiger partial charge in [-0.15, -0.1) is 11.3 Å². The Kier molecular flexibility index (Phi) is 8.11. The van der Waals surface area contributed by atoms with Crippen LogP contribution in [0.3, 0.4) is 0 Å². The van der Waals surface area contributed by atoms with Gasteiger partial charge in [-0.1, -0.05) is 19.3 Å². The Morgan fingerprint density at radius 1 is 1.10 bits per heavy atom. The van der Waals surface area contributed by atoms with E-state index in [1.807, 2.05) is 12.3 Å². The Hall–Kier alpha value is -2.81. The first-order valence-corrected chi connectivity index (χ1v) is 11.4. The summed E-state index contributed by atoms with van der Waals surface area (Å²) in [4.78, 5) is 43.1. The average molecular weight is 447 g/mol. The molecule has 0 saturated heterocycles. The second kappa shape index (κ2) is 11.0. The molecule has 1 heterocycles. The molecule has 166 valence electrons. The van der Waals surface area contributed by atoms with Crippen molar-refractivity contribution in [2.45, 2.75) is 57.9 Å². The zero-order valence-electron chi connectivity index (χ0n) is 17.5. The Labute approximate surface area is 185 Å². The molecule has 2 aromatic rings. The molecule has 1 aromatic heterocycles. The van der Waals surface area contributed by atoms with Crippen molar-refractivity contribution >= 4 is 39.9 Å². The summed E-state index contributed by atoms with van der Waals surface area (Å²) in [6.45, 7) is 1.66. The van der Waals surface area contributed by atoms with E-state index >= 15 is 0 Å². The van der Waals surface area contributed by atoms with E-state index in [1.54, 1.807) is 0 Å². The van der Waals surface area contributed by atoms with Gasteiger partial charge in [0.15, 0.2) is 5.13 Å². The van der Waals surface area contributed by atoms with Crippen molar-refractivity contribution in [1.29, 1.82) is 0 Å². The highest BCUT2D eigenvalue weighted by molar-refractivity contribution is 7.13. The number of carbonyl (C=O) groups excluding carboxylic acids is 3. The van der Waals surface area contributed by atoms with Gasteiger partial charge in [-0.2, -0.15) is 0 Å². The standard InChI is InChI=1S/C22H27FN4O3S/c1-15-14-31-22(24-15)26-19(28)11-12-21(30)27(18-9-7-16(23)8-10-18)13-20(29)25-17-5-3-2-4-6-17/h7-10,14,17H,2-6,11-13H2,1H3,(H,25,29)(H,24,26,28). The number of rotatable bonds is 8. The Bertz CT molecular complexity index is 910. The molecule has 3 amide bonds. The van der Waals surface area contributed by atoms with Crippen LogP contribution in [-0.4, -0.2) is 35.3 Å². The molecule has 0 radical (unpaired) electrons. The third kappa shape index (κ3) is 7.13. The molecule has 1 aliphatic rings. The molecule has 3 rings (SSSR count). The third-order valence-corrected chi connectivity index (χ3v) is 6.02. The zero-order valence-corrected chi connectivity index (χ0v) is 18.3. The molecule has 1 fully saturated rings. The maximum absolute atomic E-state index is 13.3. The van der Waals surface area contributed by atoms with E-state index in [0.717, 1.165) is 31.4 Å². The summed E-state index contributed by atoms with van der Waals surface area (Å²) in [5.74, 6) is -1.39. The maximum atomic E-state index is 13.3. The largest absolute Gasteiger partial charge is 0.352 e. The van der Waals surface area contributed by atoms with Crippen LogP contribution in [-0.2, 0) is 14.4 Å². The van der Waals surface area contributed by atoms with E-state index in [0.29, 0.717) is 10.8 Å². The molecule has 0 bridgehead atoms. The number of aryl methyl sites for hydroxylation is 1. The Balaban J connectivity index is 1.60. The molecular weight excluding hydrogens is 419 g/mol. The number of thiazole rings is 1. The van der Waals surface area contributed by atoms with Crippen LogP contribution in [0.1, 0.15) is 50.6 Å². The number of hydrogen-bond donors (Lipinski definition) is 2. The van der Waals surface area contributed by atoms with Gasteiger partial charge in [0.2, 0.25) is 17.7 Å². The van der Waals surface area contributed by atoms with Gasteiger partial charge in [0.05, 0.1) is 5.69 Å². The quantitative estimate of drug-likeness (QED) is 0.645. The zero-order chi connectivity index (χ0) is 22.2. The first kappa shape index (κ1) is 22.9. The smallest absolute Gasteiger partial charge is 0.240 e. The molecule has 7 nitrogen and oxygen atoms in total. The summed E-state index contributed by atoms with van der Waals surface area (Å²) in [6.07, 6.45) is 5.09. The van der Waals surface area contributed by atoms with Crippen molar-refractivity contribution in [3.8, 4) is 0 Å². The molecule has 9 heteroatoms. The minimum atomic E-state index is -0.430. The van der Waals surface area contributed by atoms with Gasteiger partial charge in [-0.3, -0.25) is 14.4 Å². The predicted molar refractivity (Wildman–Crippen MR) is 118 cm³/mol. The van der Waals surface area contributed by atoms with Gasteiger partial charge in [-0.25, -0.2) is 9.37 Å². The van der Waals surface area contributed by atoms with Crippen LogP contribution in [0.15, 0.2) is 29.6 Å². The summed E-state index contributed by atoms with van der Waals surface area (Å²) in [5.41, 5.74) is 1.23. The van der Waals surface area contributed by atoms with E-state index in [9.17, 15) is 18.8 Å². The normalized spacial score (nSPS) is 14.1. The molecule has 1 saturated carbocycles. The highest BCUT2D eigenvalue weighted by Gasteiger charge is 2.22. The van der Waals surface area contributed by atoms with Crippen molar-refractivity contribution < 1.29 is 18.8 Å². The second-order valence-corrected chi connectivity index (χ2v) is 8.56. The van der Waals surface area contributed by atoms with Crippen molar-refractivity contribution in [3.05, 3.63) is 41.2 Å². The molecule has 31 heavy (non-hydrogen) atoms. The number of hydrogen-bond acceptors (Lipinski definition) is 5. The van der Waals surface area contributed by atoms with Crippen LogP contribution < -0.4 is 15.5 Å². The molecule has 1 aromatic carbocycles. The maximum Gasteiger partial charge on any atom is 0.240 e. The SMILES string of the molecule is Cc1csc(NC(=O)CCC(=O)N(CC(=O)NC2CCCCC2)c2ccc(F)cc2)n1. The number of aromatic nitrogens is 1. The van der Waals surface area contributed by atoms with Crippen LogP contribution in [0.4, 0.5) is 15.2 Å². The van der Waals surface area contributed by atoms with E-state index in [2.05, 4.69) is 15.6 Å². The monoisotopic (exact) mass is 446 g/mol. The topological polar surface area (TPSA) is 91.4 Å². The van der Waals surface area contributed by atoms with E-state index < -0.39 is 5.82 Å². The van der Waals surface area contributed by atoms with E-state index in [4.69, 9.17) is 0 Å². The first-order valence-electron chi connectivity index (χ1n) is 10.5. The minimum absolute atomic E-state index is 0.0423. The molecule has 0 unspecified atom stereocenters. The fourth-order valence-electron chi connectivity index (χ4n) is 3.56. The van der Waals surface area contributed by atoms with Crippen molar-refractivity contribution in [3.63, 3.8) is 0 Å². The second-order valence-electron chi connectivity index (χ2n) is 7.70. The summed E-state index contributed by atoms with van der Waals surface area (Å²) in [6, 6.07) is 5.52. The van der Waals surface area contributed by atoms with Crippen LogP contribution >= 0.6 is 11.3 Å². The number of anilines is 2. The number of benzene rings is 1. The fourth-order valence-corrected chi connectivity index (χ4v) is 4.26. The van der Waals surface area contributed by atoms with Crippen LogP contribution in [0.2, 0.25) is 0 Å². The predicted octanol–water partition coefficient (Wildman–Crippen LogP) is 3.79. The van der Waals surface area contributed by atoms with Crippen molar-refractivity contribution in [1.82, 2.24) is 10.3 Å². The highest BCUT2D eigenvalue weighted by atomic mass is 32.1. The summed E-state index contributed by atoms with van der Waals surface area (Å²) in [7, 11) is 0. The van der Waals surface area contributed by atoms with Crippen LogP contribution in [0.5, 0.6) is 0 Å². The lowest BCUT2D eigenvalue weighted by Crippen LogP contribution is -2.45. The molecule has 0 spiro atoms. The van der Waals surface area contributed by atoms with E-state index in [1.165, 1.54) is 46.9 Å². The van der Waals surface area contributed by atoms with Gasteiger partial charge >= 0.3 is 0 Å². The van der Waals surface area contributed by atoms with Crippen molar-refractivity contribution in [2.75, 3.05) is 16.8 Å².